The maximum atomic E-state index is 10.3. The third-order valence-electron chi connectivity index (χ3n) is 4.90. The zero-order valence-electron chi connectivity index (χ0n) is 12.5. The molecule has 2 fully saturated rings. The van der Waals surface area contributed by atoms with Crippen molar-refractivity contribution in [1.29, 1.82) is 0 Å². The summed E-state index contributed by atoms with van der Waals surface area (Å²) in [7, 11) is 0. The number of rotatable bonds is 4. The quantitative estimate of drug-likeness (QED) is 0.819. The Morgan fingerprint density at radius 1 is 1.00 bits per heavy atom. The normalized spacial score (nSPS) is 28.9. The van der Waals surface area contributed by atoms with Crippen LogP contribution in [0.15, 0.2) is 24.3 Å². The summed E-state index contributed by atoms with van der Waals surface area (Å²) in [6.45, 7) is 2.14. The molecule has 3 atom stereocenters. The highest BCUT2D eigenvalue weighted by atomic mass is 16.3. The molecule has 2 N–H and O–H groups in total. The summed E-state index contributed by atoms with van der Waals surface area (Å²) >= 11 is 0. The Kier molecular flexibility index (Phi) is 4.42. The zero-order chi connectivity index (χ0) is 13.9. The van der Waals surface area contributed by atoms with Crippen LogP contribution >= 0.6 is 0 Å². The highest BCUT2D eigenvalue weighted by molar-refractivity contribution is 5.25. The minimum absolute atomic E-state index is 0.163. The predicted molar refractivity (Wildman–Crippen MR) is 82.7 cm³/mol. The van der Waals surface area contributed by atoms with Crippen molar-refractivity contribution < 1.29 is 5.11 Å². The lowest BCUT2D eigenvalue weighted by Gasteiger charge is -2.28. The van der Waals surface area contributed by atoms with Gasteiger partial charge in [0.05, 0.1) is 6.10 Å². The van der Waals surface area contributed by atoms with Crippen molar-refractivity contribution in [3.8, 4) is 0 Å². The number of hydrogen-bond acceptors (Lipinski definition) is 2. The van der Waals surface area contributed by atoms with Crippen molar-refractivity contribution in [2.24, 2.45) is 5.92 Å². The first kappa shape index (κ1) is 14.1. The van der Waals surface area contributed by atoms with Gasteiger partial charge in [-0.05, 0) is 44.1 Å². The molecule has 20 heavy (non-hydrogen) atoms. The smallest absolute Gasteiger partial charge is 0.0693 e. The van der Waals surface area contributed by atoms with Gasteiger partial charge in [0, 0.05) is 12.1 Å². The second kappa shape index (κ2) is 6.28. The molecule has 0 aromatic heterocycles. The molecule has 0 heterocycles. The van der Waals surface area contributed by atoms with E-state index in [1.165, 1.54) is 43.2 Å². The van der Waals surface area contributed by atoms with Gasteiger partial charge in [0.2, 0.25) is 0 Å². The number of hydrogen-bond donors (Lipinski definition) is 2. The van der Waals surface area contributed by atoms with E-state index in [-0.39, 0.29) is 12.1 Å². The molecule has 0 radical (unpaired) electrons. The number of nitrogens with one attached hydrogen (secondary N) is 1. The Bertz CT molecular complexity index is 424. The first-order chi connectivity index (χ1) is 9.74. The fraction of sp³-hybridized carbons (Fsp3) is 0.667. The van der Waals surface area contributed by atoms with Crippen LogP contribution < -0.4 is 5.32 Å². The van der Waals surface area contributed by atoms with E-state index in [0.29, 0.717) is 6.04 Å². The van der Waals surface area contributed by atoms with Crippen LogP contribution in [0.1, 0.15) is 62.1 Å². The third kappa shape index (κ3) is 3.42. The second-order valence-electron chi connectivity index (χ2n) is 6.70. The minimum Gasteiger partial charge on any atom is -0.392 e. The third-order valence-corrected chi connectivity index (χ3v) is 4.90. The SMILES string of the molecule is Cc1ccc(C(NC2CCCCCC2O)C2CC2)cc1. The van der Waals surface area contributed by atoms with Crippen LogP contribution in [0.3, 0.4) is 0 Å². The Morgan fingerprint density at radius 3 is 2.40 bits per heavy atom. The minimum atomic E-state index is -0.163. The molecule has 2 aliphatic carbocycles. The summed E-state index contributed by atoms with van der Waals surface area (Å²) in [6, 6.07) is 9.65. The van der Waals surface area contributed by atoms with Gasteiger partial charge in [0.1, 0.15) is 0 Å². The van der Waals surface area contributed by atoms with Gasteiger partial charge >= 0.3 is 0 Å². The van der Waals surface area contributed by atoms with Gasteiger partial charge in [-0.25, -0.2) is 0 Å². The van der Waals surface area contributed by atoms with Gasteiger partial charge in [-0.15, -0.1) is 0 Å². The lowest BCUT2D eigenvalue weighted by molar-refractivity contribution is 0.111. The fourth-order valence-electron chi connectivity index (χ4n) is 3.42. The van der Waals surface area contributed by atoms with Crippen LogP contribution in [0, 0.1) is 12.8 Å². The zero-order valence-corrected chi connectivity index (χ0v) is 12.5. The second-order valence-corrected chi connectivity index (χ2v) is 6.70. The first-order valence-corrected chi connectivity index (χ1v) is 8.25. The first-order valence-electron chi connectivity index (χ1n) is 8.25. The Morgan fingerprint density at radius 2 is 1.70 bits per heavy atom. The lowest BCUT2D eigenvalue weighted by Crippen LogP contribution is -2.41. The molecule has 110 valence electrons. The van der Waals surface area contributed by atoms with Crippen molar-refractivity contribution in [3.05, 3.63) is 35.4 Å². The standard InChI is InChI=1S/C18H27NO/c1-13-7-9-14(10-8-13)18(15-11-12-15)19-16-5-3-2-4-6-17(16)20/h7-10,15-20H,2-6,11-12H2,1H3. The summed E-state index contributed by atoms with van der Waals surface area (Å²) < 4.78 is 0. The molecule has 2 aliphatic rings. The van der Waals surface area contributed by atoms with Crippen molar-refractivity contribution in [3.63, 3.8) is 0 Å². The average molecular weight is 273 g/mol. The summed E-state index contributed by atoms with van der Waals surface area (Å²) in [5, 5.41) is 14.1. The summed E-state index contributed by atoms with van der Waals surface area (Å²) in [6.07, 6.45) is 8.28. The highest BCUT2D eigenvalue weighted by Crippen LogP contribution is 2.41. The van der Waals surface area contributed by atoms with Gasteiger partial charge in [-0.1, -0.05) is 49.1 Å². The molecule has 1 aromatic carbocycles. The van der Waals surface area contributed by atoms with Crippen LogP contribution in [-0.2, 0) is 0 Å². The molecule has 0 saturated heterocycles. The number of aliphatic hydroxyl groups excluding tert-OH is 1. The van der Waals surface area contributed by atoms with E-state index in [2.05, 4.69) is 36.5 Å². The maximum Gasteiger partial charge on any atom is 0.0693 e. The molecular formula is C18H27NO. The maximum absolute atomic E-state index is 10.3. The molecule has 1 aromatic rings. The van der Waals surface area contributed by atoms with Crippen molar-refractivity contribution >= 4 is 0 Å². The molecule has 2 saturated carbocycles. The van der Waals surface area contributed by atoms with E-state index in [1.54, 1.807) is 0 Å². The van der Waals surface area contributed by atoms with E-state index in [9.17, 15) is 5.11 Å². The van der Waals surface area contributed by atoms with Crippen molar-refractivity contribution in [2.75, 3.05) is 0 Å². The molecule has 0 aliphatic heterocycles. The predicted octanol–water partition coefficient (Wildman–Crippen LogP) is 3.73. The van der Waals surface area contributed by atoms with E-state index in [0.717, 1.165) is 18.8 Å². The number of aryl methyl sites for hydroxylation is 1. The highest BCUT2D eigenvalue weighted by Gasteiger charge is 2.35. The van der Waals surface area contributed by atoms with E-state index in [4.69, 9.17) is 0 Å². The monoisotopic (exact) mass is 273 g/mol. The molecule has 3 unspecified atom stereocenters. The summed E-state index contributed by atoms with van der Waals surface area (Å²) in [4.78, 5) is 0. The Balaban J connectivity index is 1.72. The van der Waals surface area contributed by atoms with Crippen LogP contribution in [0.4, 0.5) is 0 Å². The number of benzene rings is 1. The van der Waals surface area contributed by atoms with E-state index < -0.39 is 0 Å². The van der Waals surface area contributed by atoms with Crippen molar-refractivity contribution in [2.45, 2.75) is 70.1 Å². The number of aliphatic hydroxyl groups is 1. The topological polar surface area (TPSA) is 32.3 Å². The van der Waals surface area contributed by atoms with Crippen LogP contribution in [0.25, 0.3) is 0 Å². The lowest BCUT2D eigenvalue weighted by atomic mass is 9.97. The van der Waals surface area contributed by atoms with E-state index >= 15 is 0 Å². The average Bonchev–Trinajstić information content (AvgIpc) is 3.27. The van der Waals surface area contributed by atoms with Crippen molar-refractivity contribution in [1.82, 2.24) is 5.32 Å². The van der Waals surface area contributed by atoms with Gasteiger partial charge in [0.25, 0.3) is 0 Å². The fourth-order valence-corrected chi connectivity index (χ4v) is 3.42. The molecule has 3 rings (SSSR count). The Hall–Kier alpha value is -0.860. The molecule has 0 bridgehead atoms. The largest absolute Gasteiger partial charge is 0.392 e. The van der Waals surface area contributed by atoms with E-state index in [1.807, 2.05) is 0 Å². The molecular weight excluding hydrogens is 246 g/mol. The summed E-state index contributed by atoms with van der Waals surface area (Å²) in [5.41, 5.74) is 2.72. The van der Waals surface area contributed by atoms with Gasteiger partial charge in [0.15, 0.2) is 0 Å². The van der Waals surface area contributed by atoms with Gasteiger partial charge in [-0.2, -0.15) is 0 Å². The van der Waals surface area contributed by atoms with Gasteiger partial charge in [-0.3, -0.25) is 0 Å². The van der Waals surface area contributed by atoms with Crippen LogP contribution in [0.5, 0.6) is 0 Å². The van der Waals surface area contributed by atoms with Crippen LogP contribution in [-0.4, -0.2) is 17.3 Å². The molecule has 2 nitrogen and oxygen atoms in total. The van der Waals surface area contributed by atoms with Gasteiger partial charge < -0.3 is 10.4 Å². The van der Waals surface area contributed by atoms with Crippen LogP contribution in [0.2, 0.25) is 0 Å². The molecule has 0 amide bonds. The Labute approximate surface area is 122 Å². The summed E-state index contributed by atoms with van der Waals surface area (Å²) in [5.74, 6) is 0.771. The molecule has 2 heteroatoms. The molecule has 0 spiro atoms.